The Labute approximate surface area is 161 Å². The molecular formula is C13H18IN2O9P. The number of aromatic nitrogens is 2. The highest BCUT2D eigenvalue weighted by atomic mass is 127. The number of aliphatic hydroxyl groups is 1. The van der Waals surface area contributed by atoms with Gasteiger partial charge in [-0.05, 0) is 29.5 Å². The van der Waals surface area contributed by atoms with Crippen molar-refractivity contribution in [2.24, 2.45) is 0 Å². The summed E-state index contributed by atoms with van der Waals surface area (Å²) in [7, 11) is -3.14. The largest absolute Gasteiger partial charge is 0.457 e. The number of halogens is 1. The molecule has 2 heterocycles. The fourth-order valence-corrected chi connectivity index (χ4v) is 3.69. The molecule has 1 aliphatic heterocycles. The van der Waals surface area contributed by atoms with Crippen LogP contribution in [0.25, 0.3) is 0 Å². The van der Waals surface area contributed by atoms with Crippen LogP contribution in [0.4, 0.5) is 4.79 Å². The van der Waals surface area contributed by atoms with E-state index in [4.69, 9.17) is 9.26 Å². The molecule has 2 rings (SSSR count). The minimum Gasteiger partial charge on any atom is -0.457 e. The van der Waals surface area contributed by atoms with Crippen molar-refractivity contribution < 1.29 is 33.0 Å². The maximum absolute atomic E-state index is 12.3. The van der Waals surface area contributed by atoms with Crippen molar-refractivity contribution in [3.63, 3.8) is 0 Å². The standard InChI is InChI=1S/C13H18IN2O9P/c1-3-23-13(20)26(21,22-2)24-6-9-8(17)4-10(25-9)16-5-7(14)11(18)15-12(16)19/h5,8-10,17H,3-4,6H2,1-2H3,(H,15,18,19)/t8-,9+,10+,26?/m0/s1. The number of carbonyl (C=O) groups is 1. The predicted octanol–water partition coefficient (Wildman–Crippen LogP) is 0.802. The van der Waals surface area contributed by atoms with Gasteiger partial charge in [-0.1, -0.05) is 0 Å². The van der Waals surface area contributed by atoms with Crippen molar-refractivity contribution in [3.05, 3.63) is 30.6 Å². The fraction of sp³-hybridized carbons (Fsp3) is 0.615. The lowest BCUT2D eigenvalue weighted by molar-refractivity contribution is -0.0428. The van der Waals surface area contributed by atoms with Crippen LogP contribution in [0, 0.1) is 3.57 Å². The van der Waals surface area contributed by atoms with Gasteiger partial charge in [0.1, 0.15) is 12.3 Å². The number of carbonyl (C=O) groups excluding carboxylic acids is 1. The number of hydrogen-bond donors (Lipinski definition) is 2. The van der Waals surface area contributed by atoms with Gasteiger partial charge in [-0.15, -0.1) is 0 Å². The summed E-state index contributed by atoms with van der Waals surface area (Å²) in [5.41, 5.74) is -2.36. The SMILES string of the molecule is CCOC(=O)P(=O)(OC)OC[C@H]1O[C@@H](n2cc(I)c(=O)[nH]c2=O)C[C@@H]1O. The number of nitrogens with zero attached hydrogens (tertiary/aromatic N) is 1. The summed E-state index contributed by atoms with van der Waals surface area (Å²) in [5, 5.41) is 10.1. The van der Waals surface area contributed by atoms with E-state index in [-0.39, 0.29) is 16.6 Å². The van der Waals surface area contributed by atoms with Crippen LogP contribution in [0.3, 0.4) is 0 Å². The summed E-state index contributed by atoms with van der Waals surface area (Å²) in [5.74, 6) is 0. The number of aliphatic hydroxyl groups excluding tert-OH is 1. The molecule has 0 amide bonds. The van der Waals surface area contributed by atoms with Gasteiger partial charge in [0.05, 0.1) is 22.9 Å². The molecule has 13 heteroatoms. The number of aromatic amines is 1. The lowest BCUT2D eigenvalue weighted by Crippen LogP contribution is -2.33. The van der Waals surface area contributed by atoms with Crippen LogP contribution in [-0.4, -0.2) is 52.9 Å². The second kappa shape index (κ2) is 8.76. The average molecular weight is 504 g/mol. The van der Waals surface area contributed by atoms with E-state index < -0.39 is 49.6 Å². The summed E-state index contributed by atoms with van der Waals surface area (Å²) in [6, 6.07) is 0. The first-order chi connectivity index (χ1) is 12.2. The van der Waals surface area contributed by atoms with Crippen LogP contribution in [0.2, 0.25) is 0 Å². The normalized spacial score (nSPS) is 25.0. The van der Waals surface area contributed by atoms with E-state index in [0.29, 0.717) is 0 Å². The zero-order chi connectivity index (χ0) is 19.5. The molecule has 1 aliphatic rings. The first-order valence-corrected chi connectivity index (χ1v) is 10.2. The van der Waals surface area contributed by atoms with Gasteiger partial charge in [0.15, 0.2) is 0 Å². The van der Waals surface area contributed by atoms with Gasteiger partial charge >= 0.3 is 19.0 Å². The number of nitrogens with one attached hydrogen (secondary N) is 1. The molecule has 4 atom stereocenters. The molecule has 26 heavy (non-hydrogen) atoms. The summed E-state index contributed by atoms with van der Waals surface area (Å²) in [6.07, 6.45) is -1.53. The molecule has 11 nitrogen and oxygen atoms in total. The van der Waals surface area contributed by atoms with E-state index in [2.05, 4.69) is 14.2 Å². The van der Waals surface area contributed by atoms with E-state index in [1.165, 1.54) is 13.1 Å². The molecule has 0 aliphatic carbocycles. The van der Waals surface area contributed by atoms with E-state index >= 15 is 0 Å². The second-order valence-electron chi connectivity index (χ2n) is 5.25. The third-order valence-electron chi connectivity index (χ3n) is 3.58. The summed E-state index contributed by atoms with van der Waals surface area (Å²) < 4.78 is 33.5. The summed E-state index contributed by atoms with van der Waals surface area (Å²) in [4.78, 5) is 37.1. The highest BCUT2D eigenvalue weighted by Gasteiger charge is 2.41. The zero-order valence-corrected chi connectivity index (χ0v) is 17.0. The van der Waals surface area contributed by atoms with Crippen molar-refractivity contribution in [2.75, 3.05) is 20.3 Å². The predicted molar refractivity (Wildman–Crippen MR) is 96.2 cm³/mol. The molecule has 1 fully saturated rings. The molecule has 0 bridgehead atoms. The van der Waals surface area contributed by atoms with Gasteiger partial charge < -0.3 is 19.1 Å². The maximum atomic E-state index is 12.3. The monoisotopic (exact) mass is 504 g/mol. The molecule has 0 saturated carbocycles. The number of rotatable bonds is 7. The average Bonchev–Trinajstić information content (AvgIpc) is 2.96. The Bertz CT molecular complexity index is 823. The van der Waals surface area contributed by atoms with Gasteiger partial charge in [-0.3, -0.25) is 18.9 Å². The van der Waals surface area contributed by atoms with Crippen LogP contribution in [-0.2, 0) is 23.1 Å². The molecule has 146 valence electrons. The minimum absolute atomic E-state index is 0.00602. The molecule has 1 aromatic rings. The van der Waals surface area contributed by atoms with Crippen LogP contribution in [0.15, 0.2) is 15.8 Å². The third kappa shape index (κ3) is 4.61. The van der Waals surface area contributed by atoms with Crippen LogP contribution >= 0.6 is 30.2 Å². The Kier molecular flexibility index (Phi) is 7.16. The molecule has 1 unspecified atom stereocenters. The first-order valence-electron chi connectivity index (χ1n) is 7.54. The van der Waals surface area contributed by atoms with E-state index in [9.17, 15) is 24.1 Å². The zero-order valence-electron chi connectivity index (χ0n) is 13.9. The topological polar surface area (TPSA) is 146 Å². The van der Waals surface area contributed by atoms with Crippen molar-refractivity contribution in [1.29, 1.82) is 0 Å². The van der Waals surface area contributed by atoms with Gasteiger partial charge in [0.25, 0.3) is 5.56 Å². The Hall–Kier alpha value is -1.05. The number of ether oxygens (including phenoxy) is 2. The Morgan fingerprint density at radius 1 is 1.54 bits per heavy atom. The number of H-pyrrole nitrogens is 1. The van der Waals surface area contributed by atoms with Crippen LogP contribution < -0.4 is 11.2 Å². The summed E-state index contributed by atoms with van der Waals surface area (Å²) >= 11 is 1.76. The van der Waals surface area contributed by atoms with Crippen LogP contribution in [0.5, 0.6) is 0 Å². The molecule has 1 saturated heterocycles. The Morgan fingerprint density at radius 2 is 2.23 bits per heavy atom. The smallest absolute Gasteiger partial charge is 0.438 e. The highest BCUT2D eigenvalue weighted by Crippen LogP contribution is 2.49. The van der Waals surface area contributed by atoms with Crippen molar-refractivity contribution in [1.82, 2.24) is 9.55 Å². The highest BCUT2D eigenvalue weighted by molar-refractivity contribution is 14.1. The van der Waals surface area contributed by atoms with Gasteiger partial charge in [-0.2, -0.15) is 0 Å². The van der Waals surface area contributed by atoms with Crippen LogP contribution in [0.1, 0.15) is 19.6 Å². The van der Waals surface area contributed by atoms with Gasteiger partial charge in [0.2, 0.25) is 0 Å². The molecule has 0 radical (unpaired) electrons. The number of hydrogen-bond acceptors (Lipinski definition) is 9. The van der Waals surface area contributed by atoms with E-state index in [1.54, 1.807) is 22.6 Å². The fourth-order valence-electron chi connectivity index (χ4n) is 2.26. The molecular weight excluding hydrogens is 486 g/mol. The van der Waals surface area contributed by atoms with E-state index in [1.807, 2.05) is 0 Å². The molecule has 1 aromatic heterocycles. The van der Waals surface area contributed by atoms with Crippen molar-refractivity contribution in [3.8, 4) is 0 Å². The van der Waals surface area contributed by atoms with E-state index in [0.717, 1.165) is 11.7 Å². The lowest BCUT2D eigenvalue weighted by Gasteiger charge is -2.19. The van der Waals surface area contributed by atoms with Gasteiger partial charge in [0, 0.05) is 19.7 Å². The molecule has 0 spiro atoms. The van der Waals surface area contributed by atoms with Crippen molar-refractivity contribution in [2.45, 2.75) is 31.8 Å². The summed E-state index contributed by atoms with van der Waals surface area (Å²) in [6.45, 7) is 1.11. The first kappa shape index (κ1) is 21.3. The Morgan fingerprint density at radius 3 is 2.85 bits per heavy atom. The maximum Gasteiger partial charge on any atom is 0.438 e. The molecule has 0 aromatic carbocycles. The van der Waals surface area contributed by atoms with Crippen molar-refractivity contribution >= 4 is 35.9 Å². The van der Waals surface area contributed by atoms with Gasteiger partial charge in [-0.25, -0.2) is 14.2 Å². The molecule has 2 N–H and O–H groups in total. The second-order valence-corrected chi connectivity index (χ2v) is 8.40. The third-order valence-corrected chi connectivity index (χ3v) is 5.89. The lowest BCUT2D eigenvalue weighted by atomic mass is 10.2. The minimum atomic E-state index is -4.17. The Balaban J connectivity index is 2.08. The quantitative estimate of drug-likeness (QED) is 0.407.